The summed E-state index contributed by atoms with van der Waals surface area (Å²) in [5.74, 6) is 0. The van der Waals surface area contributed by atoms with E-state index in [0.717, 1.165) is 32.7 Å². The highest BCUT2D eigenvalue weighted by atomic mass is 16.5. The minimum Gasteiger partial charge on any atom is -0.396 e. The maximum atomic E-state index is 9.05. The van der Waals surface area contributed by atoms with Crippen molar-refractivity contribution in [1.29, 1.82) is 0 Å². The average molecular weight is 199 g/mol. The third-order valence-electron chi connectivity index (χ3n) is 2.37. The van der Waals surface area contributed by atoms with Crippen LogP contribution in [0.5, 0.6) is 0 Å². The molecule has 0 aliphatic carbocycles. The van der Waals surface area contributed by atoms with E-state index >= 15 is 0 Å². The van der Waals surface area contributed by atoms with Gasteiger partial charge in [-0.1, -0.05) is 19.9 Å². The first-order valence-corrected chi connectivity index (χ1v) is 5.21. The van der Waals surface area contributed by atoms with Gasteiger partial charge in [-0.3, -0.25) is 0 Å². The molecule has 0 aromatic heterocycles. The van der Waals surface area contributed by atoms with E-state index in [2.05, 4.69) is 11.4 Å². The smallest absolute Gasteiger partial charge is 0.0689 e. The molecule has 0 spiro atoms. The molecule has 0 radical (unpaired) electrons. The Morgan fingerprint density at radius 3 is 2.93 bits per heavy atom. The molecule has 0 aromatic rings. The first-order valence-electron chi connectivity index (χ1n) is 5.21. The Hall–Kier alpha value is -0.380. The van der Waals surface area contributed by atoms with Gasteiger partial charge < -0.3 is 15.2 Å². The third-order valence-corrected chi connectivity index (χ3v) is 2.37. The highest BCUT2D eigenvalue weighted by Crippen LogP contribution is 2.11. The lowest BCUT2D eigenvalue weighted by Crippen LogP contribution is -2.34. The van der Waals surface area contributed by atoms with E-state index in [-0.39, 0.29) is 12.0 Å². The zero-order valence-electron chi connectivity index (χ0n) is 9.18. The van der Waals surface area contributed by atoms with Crippen molar-refractivity contribution >= 4 is 0 Å². The SMILES string of the molecule is CC(C)(CO)CNCC1=CCCOC1. The van der Waals surface area contributed by atoms with Crippen molar-refractivity contribution in [3.05, 3.63) is 11.6 Å². The molecule has 1 heterocycles. The summed E-state index contributed by atoms with van der Waals surface area (Å²) in [6.07, 6.45) is 3.27. The lowest BCUT2D eigenvalue weighted by atomic mass is 9.95. The van der Waals surface area contributed by atoms with Crippen molar-refractivity contribution in [2.75, 3.05) is 32.9 Å². The number of rotatable bonds is 5. The van der Waals surface area contributed by atoms with Crippen molar-refractivity contribution in [2.45, 2.75) is 20.3 Å². The van der Waals surface area contributed by atoms with Crippen LogP contribution >= 0.6 is 0 Å². The topological polar surface area (TPSA) is 41.5 Å². The molecule has 0 fully saturated rings. The molecule has 0 amide bonds. The molecule has 0 bridgehead atoms. The van der Waals surface area contributed by atoms with E-state index in [4.69, 9.17) is 9.84 Å². The molecular formula is C11H21NO2. The zero-order chi connectivity index (χ0) is 10.4. The minimum absolute atomic E-state index is 0.0317. The van der Waals surface area contributed by atoms with Crippen LogP contribution in [-0.2, 0) is 4.74 Å². The van der Waals surface area contributed by atoms with Crippen LogP contribution in [0.3, 0.4) is 0 Å². The van der Waals surface area contributed by atoms with Crippen LogP contribution < -0.4 is 5.32 Å². The number of ether oxygens (including phenoxy) is 1. The van der Waals surface area contributed by atoms with Gasteiger partial charge in [-0.15, -0.1) is 0 Å². The summed E-state index contributed by atoms with van der Waals surface area (Å²) >= 11 is 0. The van der Waals surface area contributed by atoms with Gasteiger partial charge in [0.1, 0.15) is 0 Å². The van der Waals surface area contributed by atoms with Crippen molar-refractivity contribution in [3.63, 3.8) is 0 Å². The molecule has 3 nitrogen and oxygen atoms in total. The zero-order valence-corrected chi connectivity index (χ0v) is 9.18. The first kappa shape index (κ1) is 11.7. The molecule has 1 aliphatic rings. The van der Waals surface area contributed by atoms with Crippen LogP contribution in [0.1, 0.15) is 20.3 Å². The number of nitrogens with one attached hydrogen (secondary N) is 1. The molecule has 0 aromatic carbocycles. The van der Waals surface area contributed by atoms with Crippen molar-refractivity contribution in [3.8, 4) is 0 Å². The van der Waals surface area contributed by atoms with Crippen LogP contribution in [0.2, 0.25) is 0 Å². The van der Waals surface area contributed by atoms with Crippen molar-refractivity contribution in [2.24, 2.45) is 5.41 Å². The van der Waals surface area contributed by atoms with Crippen molar-refractivity contribution in [1.82, 2.24) is 5.32 Å². The van der Waals surface area contributed by atoms with Gasteiger partial charge >= 0.3 is 0 Å². The van der Waals surface area contributed by atoms with Crippen LogP contribution in [0.4, 0.5) is 0 Å². The van der Waals surface area contributed by atoms with E-state index in [1.54, 1.807) is 0 Å². The van der Waals surface area contributed by atoms with Gasteiger partial charge in [0.25, 0.3) is 0 Å². The van der Waals surface area contributed by atoms with Gasteiger partial charge in [0, 0.05) is 25.1 Å². The molecular weight excluding hydrogens is 178 g/mol. The second-order valence-corrected chi connectivity index (χ2v) is 4.63. The van der Waals surface area contributed by atoms with Crippen LogP contribution in [0.25, 0.3) is 0 Å². The fourth-order valence-electron chi connectivity index (χ4n) is 1.35. The normalized spacial score (nSPS) is 18.1. The summed E-state index contributed by atoms with van der Waals surface area (Å²) < 4.78 is 5.33. The molecule has 1 rings (SSSR count). The highest BCUT2D eigenvalue weighted by Gasteiger charge is 2.15. The largest absolute Gasteiger partial charge is 0.396 e. The van der Waals surface area contributed by atoms with Crippen LogP contribution in [0.15, 0.2) is 11.6 Å². The second kappa shape index (κ2) is 5.49. The Kier molecular flexibility index (Phi) is 4.58. The third kappa shape index (κ3) is 4.22. The summed E-state index contributed by atoms with van der Waals surface area (Å²) in [7, 11) is 0. The minimum atomic E-state index is -0.0317. The summed E-state index contributed by atoms with van der Waals surface area (Å²) in [6, 6.07) is 0. The Labute approximate surface area is 86.2 Å². The molecule has 0 atom stereocenters. The van der Waals surface area contributed by atoms with Crippen LogP contribution in [-0.4, -0.2) is 38.0 Å². The quantitative estimate of drug-likeness (QED) is 0.648. The maximum Gasteiger partial charge on any atom is 0.0689 e. The molecule has 82 valence electrons. The Morgan fingerprint density at radius 2 is 2.36 bits per heavy atom. The molecule has 2 N–H and O–H groups in total. The standard InChI is InChI=1S/C11H21NO2/c1-11(2,9-13)8-12-6-10-4-3-5-14-7-10/h4,12-13H,3,5-9H2,1-2H3. The van der Waals surface area contributed by atoms with Gasteiger partial charge in [0.05, 0.1) is 13.2 Å². The summed E-state index contributed by atoms with van der Waals surface area (Å²) in [5, 5.41) is 12.4. The van der Waals surface area contributed by atoms with E-state index in [1.165, 1.54) is 5.57 Å². The molecule has 0 saturated carbocycles. The lowest BCUT2D eigenvalue weighted by Gasteiger charge is -2.23. The predicted octanol–water partition coefficient (Wildman–Crippen LogP) is 0.941. The predicted molar refractivity (Wildman–Crippen MR) is 57.3 cm³/mol. The fraction of sp³-hybridized carbons (Fsp3) is 0.818. The van der Waals surface area contributed by atoms with Gasteiger partial charge in [0.15, 0.2) is 0 Å². The Bertz CT molecular complexity index is 199. The number of aliphatic hydroxyl groups is 1. The number of hydrogen-bond donors (Lipinski definition) is 2. The molecule has 3 heteroatoms. The lowest BCUT2D eigenvalue weighted by molar-refractivity contribution is 0.144. The molecule has 0 unspecified atom stereocenters. The van der Waals surface area contributed by atoms with Crippen LogP contribution in [0, 0.1) is 5.41 Å². The highest BCUT2D eigenvalue weighted by molar-refractivity contribution is 5.06. The summed E-state index contributed by atoms with van der Waals surface area (Å²) in [4.78, 5) is 0. The number of aliphatic hydroxyl groups excluding tert-OH is 1. The second-order valence-electron chi connectivity index (χ2n) is 4.63. The Balaban J connectivity index is 2.17. The van der Waals surface area contributed by atoms with Gasteiger partial charge in [0.2, 0.25) is 0 Å². The van der Waals surface area contributed by atoms with E-state index in [1.807, 2.05) is 13.8 Å². The van der Waals surface area contributed by atoms with Crippen molar-refractivity contribution < 1.29 is 9.84 Å². The van der Waals surface area contributed by atoms with Gasteiger partial charge in [-0.2, -0.15) is 0 Å². The summed E-state index contributed by atoms with van der Waals surface area (Å²) in [6.45, 7) is 7.63. The average Bonchev–Trinajstić information content (AvgIpc) is 2.19. The van der Waals surface area contributed by atoms with Gasteiger partial charge in [-0.25, -0.2) is 0 Å². The maximum absolute atomic E-state index is 9.05. The fourth-order valence-corrected chi connectivity index (χ4v) is 1.35. The number of hydrogen-bond acceptors (Lipinski definition) is 3. The van der Waals surface area contributed by atoms with E-state index in [9.17, 15) is 0 Å². The van der Waals surface area contributed by atoms with Gasteiger partial charge in [-0.05, 0) is 12.0 Å². The monoisotopic (exact) mass is 199 g/mol. The first-order chi connectivity index (χ1) is 6.64. The van der Waals surface area contributed by atoms with E-state index in [0.29, 0.717) is 0 Å². The summed E-state index contributed by atoms with van der Waals surface area (Å²) in [5.41, 5.74) is 1.29. The van der Waals surface area contributed by atoms with E-state index < -0.39 is 0 Å². The Morgan fingerprint density at radius 1 is 1.57 bits per heavy atom. The molecule has 1 aliphatic heterocycles. The molecule has 0 saturated heterocycles. The molecule has 14 heavy (non-hydrogen) atoms.